The first-order valence-corrected chi connectivity index (χ1v) is 11.3. The Labute approximate surface area is 185 Å². The van der Waals surface area contributed by atoms with Gasteiger partial charge in [0.25, 0.3) is 15.9 Å². The molecule has 1 aromatic heterocycles. The molecule has 1 aliphatic rings. The number of hydrogen-bond acceptors (Lipinski definition) is 8. The molecule has 168 valence electrons. The second-order valence-corrected chi connectivity index (χ2v) is 8.80. The van der Waals surface area contributed by atoms with Crippen LogP contribution < -0.4 is 19.1 Å². The predicted octanol–water partition coefficient (Wildman–Crippen LogP) is 2.68. The summed E-state index contributed by atoms with van der Waals surface area (Å²) >= 11 is 0. The minimum atomic E-state index is -3.90. The number of aromatic nitrogens is 2. The largest absolute Gasteiger partial charge is 0.497 e. The molecule has 1 N–H and O–H groups in total. The van der Waals surface area contributed by atoms with Gasteiger partial charge in [0.2, 0.25) is 5.89 Å². The molecular formula is C21H22N4O6S. The van der Waals surface area contributed by atoms with Crippen LogP contribution in [0.25, 0.3) is 0 Å². The first-order chi connectivity index (χ1) is 15.3. The lowest BCUT2D eigenvalue weighted by Crippen LogP contribution is -2.38. The van der Waals surface area contributed by atoms with Gasteiger partial charge in [-0.3, -0.25) is 14.4 Å². The predicted molar refractivity (Wildman–Crippen MR) is 115 cm³/mol. The zero-order valence-corrected chi connectivity index (χ0v) is 18.6. The third-order valence-electron chi connectivity index (χ3n) is 4.94. The van der Waals surface area contributed by atoms with Gasteiger partial charge in [-0.2, -0.15) is 4.98 Å². The van der Waals surface area contributed by atoms with Gasteiger partial charge in [-0.05, 0) is 42.8 Å². The van der Waals surface area contributed by atoms with E-state index in [0.29, 0.717) is 40.8 Å². The molecule has 4 rings (SSSR count). The Balaban J connectivity index is 1.64. The van der Waals surface area contributed by atoms with E-state index in [-0.39, 0.29) is 29.7 Å². The zero-order chi connectivity index (χ0) is 22.9. The number of methoxy groups -OCH3 is 1. The Morgan fingerprint density at radius 3 is 2.62 bits per heavy atom. The number of amides is 1. The topological polar surface area (TPSA) is 124 Å². The molecule has 11 heteroatoms. The van der Waals surface area contributed by atoms with Crippen LogP contribution in [-0.2, 0) is 27.8 Å². The standard InChI is InChI=1S/C21H22N4O6S/c1-4-20-22-19(23-31-20)11-25-16-9-13(2)18(10-17(16)30-12-21(25)26)32(27,28)24-14-5-7-15(29-3)8-6-14/h5-10,24H,4,11-12H2,1-3H3. The fourth-order valence-electron chi connectivity index (χ4n) is 3.30. The lowest BCUT2D eigenvalue weighted by Gasteiger charge is -2.29. The number of ether oxygens (including phenoxy) is 2. The Kier molecular flexibility index (Phi) is 5.74. The fraction of sp³-hybridized carbons (Fsp3) is 0.286. The first kappa shape index (κ1) is 21.6. The number of carbonyl (C=O) groups is 1. The Morgan fingerprint density at radius 1 is 1.22 bits per heavy atom. The van der Waals surface area contributed by atoms with Crippen molar-refractivity contribution in [1.29, 1.82) is 0 Å². The number of benzene rings is 2. The molecule has 2 heterocycles. The van der Waals surface area contributed by atoms with E-state index in [2.05, 4.69) is 14.9 Å². The minimum absolute atomic E-state index is 0.0502. The van der Waals surface area contributed by atoms with Gasteiger partial charge in [0.15, 0.2) is 12.4 Å². The third kappa shape index (κ3) is 4.24. The van der Waals surface area contributed by atoms with E-state index in [0.717, 1.165) is 0 Å². The number of hydrogen-bond donors (Lipinski definition) is 1. The summed E-state index contributed by atoms with van der Waals surface area (Å²) < 4.78 is 44.3. The number of sulfonamides is 1. The molecule has 1 aliphatic heterocycles. The van der Waals surface area contributed by atoms with Crippen molar-refractivity contribution >= 4 is 27.3 Å². The number of carbonyl (C=O) groups excluding carboxylic acids is 1. The molecule has 0 atom stereocenters. The summed E-state index contributed by atoms with van der Waals surface area (Å²) in [5.41, 5.74) is 1.30. The summed E-state index contributed by atoms with van der Waals surface area (Å²) in [6, 6.07) is 9.56. The van der Waals surface area contributed by atoms with Crippen molar-refractivity contribution in [2.45, 2.75) is 31.7 Å². The average molecular weight is 458 g/mol. The van der Waals surface area contributed by atoms with E-state index < -0.39 is 10.0 Å². The second kappa shape index (κ2) is 8.50. The molecule has 0 unspecified atom stereocenters. The van der Waals surface area contributed by atoms with Crippen LogP contribution in [0.5, 0.6) is 11.5 Å². The molecule has 1 amide bonds. The monoisotopic (exact) mass is 458 g/mol. The van der Waals surface area contributed by atoms with Gasteiger partial charge in [-0.25, -0.2) is 8.42 Å². The van der Waals surface area contributed by atoms with Crippen LogP contribution in [0.3, 0.4) is 0 Å². The molecule has 0 fully saturated rings. The van der Waals surface area contributed by atoms with E-state index in [1.54, 1.807) is 37.3 Å². The van der Waals surface area contributed by atoms with Crippen molar-refractivity contribution < 1.29 is 27.2 Å². The number of fused-ring (bicyclic) bond motifs is 1. The van der Waals surface area contributed by atoms with Crippen molar-refractivity contribution in [3.63, 3.8) is 0 Å². The lowest BCUT2D eigenvalue weighted by atomic mass is 10.1. The summed E-state index contributed by atoms with van der Waals surface area (Å²) in [7, 11) is -2.37. The Hall–Kier alpha value is -3.60. The fourth-order valence-corrected chi connectivity index (χ4v) is 4.61. The summed E-state index contributed by atoms with van der Waals surface area (Å²) in [5.74, 6) is 1.45. The summed E-state index contributed by atoms with van der Waals surface area (Å²) in [6.07, 6.45) is 0.585. The van der Waals surface area contributed by atoms with Gasteiger partial charge in [-0.15, -0.1) is 0 Å². The maximum atomic E-state index is 13.0. The highest BCUT2D eigenvalue weighted by Gasteiger charge is 2.30. The molecule has 0 aliphatic carbocycles. The van der Waals surface area contributed by atoms with Crippen molar-refractivity contribution in [2.24, 2.45) is 0 Å². The highest BCUT2D eigenvalue weighted by Crippen LogP contribution is 2.37. The maximum absolute atomic E-state index is 13.0. The maximum Gasteiger partial charge on any atom is 0.265 e. The molecule has 3 aromatic rings. The van der Waals surface area contributed by atoms with E-state index in [4.69, 9.17) is 14.0 Å². The smallest absolute Gasteiger partial charge is 0.265 e. The van der Waals surface area contributed by atoms with Crippen LogP contribution >= 0.6 is 0 Å². The van der Waals surface area contributed by atoms with Gasteiger partial charge in [-0.1, -0.05) is 12.1 Å². The first-order valence-electron chi connectivity index (χ1n) is 9.87. The van der Waals surface area contributed by atoms with Gasteiger partial charge >= 0.3 is 0 Å². The second-order valence-electron chi connectivity index (χ2n) is 7.15. The zero-order valence-electron chi connectivity index (χ0n) is 17.8. The number of aryl methyl sites for hydroxylation is 2. The third-order valence-corrected chi connectivity index (χ3v) is 6.47. The van der Waals surface area contributed by atoms with Crippen LogP contribution in [0.2, 0.25) is 0 Å². The average Bonchev–Trinajstić information content (AvgIpc) is 3.23. The molecule has 0 saturated heterocycles. The van der Waals surface area contributed by atoms with Gasteiger partial charge in [0.05, 0.1) is 24.2 Å². The Bertz CT molecular complexity index is 1250. The van der Waals surface area contributed by atoms with Crippen LogP contribution in [0.15, 0.2) is 45.8 Å². The van der Waals surface area contributed by atoms with Crippen molar-refractivity contribution in [1.82, 2.24) is 10.1 Å². The van der Waals surface area contributed by atoms with Crippen LogP contribution in [0, 0.1) is 6.92 Å². The van der Waals surface area contributed by atoms with Crippen molar-refractivity contribution in [3.8, 4) is 11.5 Å². The highest BCUT2D eigenvalue weighted by molar-refractivity contribution is 7.92. The van der Waals surface area contributed by atoms with Crippen molar-refractivity contribution in [2.75, 3.05) is 23.3 Å². The van der Waals surface area contributed by atoms with Crippen molar-refractivity contribution in [3.05, 3.63) is 53.7 Å². The van der Waals surface area contributed by atoms with E-state index in [9.17, 15) is 13.2 Å². The van der Waals surface area contributed by atoms with Crippen LogP contribution in [0.1, 0.15) is 24.2 Å². The van der Waals surface area contributed by atoms with Gasteiger partial charge in [0, 0.05) is 18.2 Å². The normalized spacial score (nSPS) is 13.5. The number of anilines is 2. The summed E-state index contributed by atoms with van der Waals surface area (Å²) in [5, 5.41) is 3.89. The molecule has 0 bridgehead atoms. The van der Waals surface area contributed by atoms with Crippen LogP contribution in [0.4, 0.5) is 11.4 Å². The van der Waals surface area contributed by atoms with E-state index in [1.807, 2.05) is 6.92 Å². The number of nitrogens with one attached hydrogen (secondary N) is 1. The van der Waals surface area contributed by atoms with Crippen LogP contribution in [-0.4, -0.2) is 38.2 Å². The SMILES string of the molecule is CCc1nc(CN2C(=O)COc3cc(S(=O)(=O)Nc4ccc(OC)cc4)c(C)cc32)no1. The molecule has 0 radical (unpaired) electrons. The molecular weight excluding hydrogens is 436 g/mol. The molecule has 32 heavy (non-hydrogen) atoms. The lowest BCUT2D eigenvalue weighted by molar-refractivity contribution is -0.121. The number of nitrogens with zero attached hydrogens (tertiary/aromatic N) is 3. The van der Waals surface area contributed by atoms with Gasteiger partial charge in [0.1, 0.15) is 11.5 Å². The molecule has 0 spiro atoms. The van der Waals surface area contributed by atoms with E-state index in [1.165, 1.54) is 18.1 Å². The Morgan fingerprint density at radius 2 is 1.97 bits per heavy atom. The molecule has 2 aromatic carbocycles. The van der Waals surface area contributed by atoms with E-state index >= 15 is 0 Å². The number of rotatable bonds is 7. The minimum Gasteiger partial charge on any atom is -0.497 e. The molecule has 0 saturated carbocycles. The highest BCUT2D eigenvalue weighted by atomic mass is 32.2. The summed E-state index contributed by atoms with van der Waals surface area (Å²) in [6.45, 7) is 3.41. The quantitative estimate of drug-likeness (QED) is 0.573. The summed E-state index contributed by atoms with van der Waals surface area (Å²) in [4.78, 5) is 18.3. The molecule has 10 nitrogen and oxygen atoms in total. The van der Waals surface area contributed by atoms with Gasteiger partial charge < -0.3 is 14.0 Å².